The van der Waals surface area contributed by atoms with Crippen LogP contribution >= 0.6 is 11.3 Å². The molecule has 0 spiro atoms. The average Bonchev–Trinajstić information content (AvgIpc) is 3.22. The predicted molar refractivity (Wildman–Crippen MR) is 117 cm³/mol. The van der Waals surface area contributed by atoms with Gasteiger partial charge in [0, 0.05) is 29.1 Å². The summed E-state index contributed by atoms with van der Waals surface area (Å²) in [5, 5.41) is 20.4. The van der Waals surface area contributed by atoms with Gasteiger partial charge in [0.25, 0.3) is 11.6 Å². The van der Waals surface area contributed by atoms with Crippen LogP contribution < -0.4 is 10.6 Å². The second kappa shape index (κ2) is 9.45. The van der Waals surface area contributed by atoms with Gasteiger partial charge in [-0.15, -0.1) is 11.3 Å². The first kappa shape index (κ1) is 21.4. The molecule has 2 N–H and O–H groups in total. The minimum Gasteiger partial charge on any atom is -0.371 e. The molecular weight excluding hydrogens is 402 g/mol. The van der Waals surface area contributed by atoms with Crippen molar-refractivity contribution in [3.05, 3.63) is 80.0 Å². The second-order valence-corrected chi connectivity index (χ2v) is 8.01. The van der Waals surface area contributed by atoms with Crippen LogP contribution in [-0.2, 0) is 6.54 Å². The monoisotopic (exact) mass is 425 g/mol. The number of benzene rings is 1. The molecule has 0 aliphatic rings. The molecule has 0 saturated heterocycles. The third-order valence-corrected chi connectivity index (χ3v) is 5.65. The van der Waals surface area contributed by atoms with Crippen molar-refractivity contribution < 1.29 is 9.72 Å². The molecule has 3 rings (SSSR count). The van der Waals surface area contributed by atoms with Crippen molar-refractivity contribution in [2.45, 2.75) is 39.3 Å². The maximum absolute atomic E-state index is 12.5. The van der Waals surface area contributed by atoms with Crippen LogP contribution in [0.25, 0.3) is 0 Å². The van der Waals surface area contributed by atoms with Crippen molar-refractivity contribution in [2.75, 3.05) is 5.32 Å². The third-order valence-electron chi connectivity index (χ3n) is 4.45. The zero-order chi connectivity index (χ0) is 21.7. The van der Waals surface area contributed by atoms with Crippen LogP contribution in [0.4, 0.5) is 11.4 Å². The molecule has 0 radical (unpaired) electrons. The highest BCUT2D eigenvalue weighted by molar-refractivity contribution is 7.09. The summed E-state index contributed by atoms with van der Waals surface area (Å²) in [4.78, 5) is 32.3. The fourth-order valence-corrected chi connectivity index (χ4v) is 3.66. The number of hydrogen-bond donors (Lipinski definition) is 2. The average molecular weight is 426 g/mol. The van der Waals surface area contributed by atoms with Crippen LogP contribution in [-0.4, -0.2) is 20.8 Å². The summed E-state index contributed by atoms with van der Waals surface area (Å²) < 4.78 is 0. The Morgan fingerprint density at radius 3 is 2.67 bits per heavy atom. The van der Waals surface area contributed by atoms with Gasteiger partial charge in [-0.3, -0.25) is 19.9 Å². The van der Waals surface area contributed by atoms with Crippen molar-refractivity contribution in [1.29, 1.82) is 0 Å². The molecular formula is C21H23N5O3S. The molecule has 2 aromatic heterocycles. The molecule has 2 heterocycles. The molecule has 1 amide bonds. The Hall–Kier alpha value is -3.33. The van der Waals surface area contributed by atoms with Crippen LogP contribution in [0, 0.1) is 10.1 Å². The Morgan fingerprint density at radius 2 is 2.03 bits per heavy atom. The number of pyridine rings is 1. The number of rotatable bonds is 8. The lowest BCUT2D eigenvalue weighted by Gasteiger charge is -2.15. The number of carbonyl (C=O) groups is 1. The summed E-state index contributed by atoms with van der Waals surface area (Å²) in [6.45, 7) is 6.26. The highest BCUT2D eigenvalue weighted by Gasteiger charge is 2.20. The van der Waals surface area contributed by atoms with Gasteiger partial charge in [0.1, 0.15) is 5.69 Å². The number of hydrogen-bond acceptors (Lipinski definition) is 7. The van der Waals surface area contributed by atoms with Gasteiger partial charge in [-0.2, -0.15) is 0 Å². The molecule has 0 bridgehead atoms. The lowest BCUT2D eigenvalue weighted by atomic mass is 10.1. The van der Waals surface area contributed by atoms with Gasteiger partial charge < -0.3 is 10.6 Å². The molecule has 0 saturated carbocycles. The summed E-state index contributed by atoms with van der Waals surface area (Å²) in [6.07, 6.45) is 1.67. The Labute approximate surface area is 178 Å². The molecule has 3 aromatic rings. The van der Waals surface area contributed by atoms with Crippen molar-refractivity contribution >= 4 is 28.6 Å². The highest BCUT2D eigenvalue weighted by Crippen LogP contribution is 2.29. The van der Waals surface area contributed by atoms with E-state index in [9.17, 15) is 14.9 Å². The van der Waals surface area contributed by atoms with Gasteiger partial charge in [0.2, 0.25) is 0 Å². The van der Waals surface area contributed by atoms with Crippen molar-refractivity contribution in [3.8, 4) is 0 Å². The van der Waals surface area contributed by atoms with Crippen LogP contribution in [0.15, 0.2) is 48.0 Å². The van der Waals surface area contributed by atoms with E-state index in [-0.39, 0.29) is 29.7 Å². The van der Waals surface area contributed by atoms with E-state index in [0.717, 1.165) is 16.4 Å². The predicted octanol–water partition coefficient (Wildman–Crippen LogP) is 4.67. The first-order valence-corrected chi connectivity index (χ1v) is 10.4. The van der Waals surface area contributed by atoms with Gasteiger partial charge in [0.05, 0.1) is 33.9 Å². The quantitative estimate of drug-likeness (QED) is 0.401. The zero-order valence-electron chi connectivity index (χ0n) is 17.0. The van der Waals surface area contributed by atoms with Crippen molar-refractivity contribution in [3.63, 3.8) is 0 Å². The van der Waals surface area contributed by atoms with E-state index in [1.165, 1.54) is 6.07 Å². The summed E-state index contributed by atoms with van der Waals surface area (Å²) >= 11 is 1.55. The molecule has 8 nitrogen and oxygen atoms in total. The highest BCUT2D eigenvalue weighted by atomic mass is 32.1. The van der Waals surface area contributed by atoms with Crippen LogP contribution in [0.5, 0.6) is 0 Å². The number of anilines is 1. The lowest BCUT2D eigenvalue weighted by Crippen LogP contribution is -2.23. The van der Waals surface area contributed by atoms with Crippen LogP contribution in [0.3, 0.4) is 0 Å². The van der Waals surface area contributed by atoms with Gasteiger partial charge in [-0.1, -0.05) is 19.9 Å². The SMILES string of the molecule is CC(C)c1nc(CNC(=O)c2ccc(NC(C)c3ccccn3)c([N+](=O)[O-])c2)cs1. The van der Waals surface area contributed by atoms with E-state index in [1.807, 2.05) is 24.4 Å². The molecule has 9 heteroatoms. The number of amides is 1. The van der Waals surface area contributed by atoms with Crippen molar-refractivity contribution in [2.24, 2.45) is 0 Å². The number of nitro groups is 1. The molecule has 156 valence electrons. The summed E-state index contributed by atoms with van der Waals surface area (Å²) in [5.41, 5.74) is 1.92. The van der Waals surface area contributed by atoms with Crippen LogP contribution in [0.2, 0.25) is 0 Å². The molecule has 0 fully saturated rings. The Balaban J connectivity index is 1.72. The maximum Gasteiger partial charge on any atom is 0.293 e. The van der Waals surface area contributed by atoms with E-state index < -0.39 is 4.92 Å². The molecule has 0 aliphatic heterocycles. The fourth-order valence-electron chi connectivity index (χ4n) is 2.83. The number of nitrogens with zero attached hydrogens (tertiary/aromatic N) is 3. The fraction of sp³-hybridized carbons (Fsp3) is 0.286. The topological polar surface area (TPSA) is 110 Å². The smallest absolute Gasteiger partial charge is 0.293 e. The Bertz CT molecular complexity index is 1040. The minimum atomic E-state index is -0.500. The minimum absolute atomic E-state index is 0.166. The van der Waals surface area contributed by atoms with Gasteiger partial charge in [-0.05, 0) is 31.2 Å². The summed E-state index contributed by atoms with van der Waals surface area (Å²) in [5.74, 6) is -0.0582. The maximum atomic E-state index is 12.5. The summed E-state index contributed by atoms with van der Waals surface area (Å²) in [6, 6.07) is 9.67. The van der Waals surface area contributed by atoms with E-state index in [4.69, 9.17) is 0 Å². The van der Waals surface area contributed by atoms with E-state index in [1.54, 1.807) is 35.7 Å². The van der Waals surface area contributed by atoms with E-state index >= 15 is 0 Å². The zero-order valence-corrected chi connectivity index (χ0v) is 17.8. The number of nitro benzene ring substituents is 1. The van der Waals surface area contributed by atoms with Gasteiger partial charge >= 0.3 is 0 Å². The number of nitrogens with one attached hydrogen (secondary N) is 2. The van der Waals surface area contributed by atoms with E-state index in [0.29, 0.717) is 11.6 Å². The molecule has 1 unspecified atom stereocenters. The normalized spacial score (nSPS) is 11.9. The van der Waals surface area contributed by atoms with Crippen molar-refractivity contribution in [1.82, 2.24) is 15.3 Å². The van der Waals surface area contributed by atoms with Gasteiger partial charge in [0.15, 0.2) is 0 Å². The van der Waals surface area contributed by atoms with E-state index in [2.05, 4.69) is 34.4 Å². The Kier molecular flexibility index (Phi) is 6.73. The standard InChI is InChI=1S/C21H23N5O3S/c1-13(2)21-25-16(12-30-21)11-23-20(27)15-7-8-18(19(10-15)26(28)29)24-14(3)17-6-4-5-9-22-17/h4-10,12-14,24H,11H2,1-3H3,(H,23,27). The molecule has 0 aliphatic carbocycles. The largest absolute Gasteiger partial charge is 0.371 e. The number of carbonyl (C=O) groups excluding carboxylic acids is 1. The Morgan fingerprint density at radius 1 is 1.23 bits per heavy atom. The van der Waals surface area contributed by atoms with Gasteiger partial charge in [-0.25, -0.2) is 4.98 Å². The van der Waals surface area contributed by atoms with Crippen LogP contribution in [0.1, 0.15) is 59.5 Å². The first-order chi connectivity index (χ1) is 14.3. The molecule has 1 aromatic carbocycles. The second-order valence-electron chi connectivity index (χ2n) is 7.12. The molecule has 30 heavy (non-hydrogen) atoms. The number of aromatic nitrogens is 2. The first-order valence-electron chi connectivity index (χ1n) is 9.53. The molecule has 1 atom stereocenters. The summed E-state index contributed by atoms with van der Waals surface area (Å²) in [7, 11) is 0. The lowest BCUT2D eigenvalue weighted by molar-refractivity contribution is -0.384. The number of thiazole rings is 1. The third kappa shape index (κ3) is 5.18.